The average Bonchev–Trinajstić information content (AvgIpc) is 2.74. The van der Waals surface area contributed by atoms with Gasteiger partial charge in [-0.15, -0.1) is 0 Å². The molecule has 5 heteroatoms. The third kappa shape index (κ3) is 2.45. The number of nitrogens with zero attached hydrogens (tertiary/aromatic N) is 1. The highest BCUT2D eigenvalue weighted by molar-refractivity contribution is 5.77. The molecule has 0 aliphatic carbocycles. The van der Waals surface area contributed by atoms with Gasteiger partial charge in [-0.25, -0.2) is 8.78 Å². The Labute approximate surface area is 110 Å². The average molecular weight is 265 g/mol. The van der Waals surface area contributed by atoms with Crippen molar-refractivity contribution < 1.29 is 8.78 Å². The summed E-state index contributed by atoms with van der Waals surface area (Å²) in [6.07, 6.45) is 1.79. The van der Waals surface area contributed by atoms with Crippen LogP contribution in [0.3, 0.4) is 0 Å². The molecule has 0 radical (unpaired) electrons. The molecular formula is C14H17F2N3. The molecule has 1 aromatic carbocycles. The fraction of sp³-hybridized carbons (Fsp3) is 0.357. The van der Waals surface area contributed by atoms with Crippen molar-refractivity contribution in [1.82, 2.24) is 10.2 Å². The molecule has 0 aliphatic rings. The number of anilines is 1. The standard InChI is InChI=1S/C14H17F2N3/c1-3-8(4-2)13-12(14(17)19-18-13)10-6-5-9(15)7-11(10)16/h5-8H,3-4H2,1-2H3,(H3,17,18,19). The summed E-state index contributed by atoms with van der Waals surface area (Å²) in [7, 11) is 0. The number of aromatic nitrogens is 2. The third-order valence-corrected chi connectivity index (χ3v) is 3.42. The Bertz CT molecular complexity index is 574. The van der Waals surface area contributed by atoms with E-state index in [0.717, 1.165) is 24.6 Å². The van der Waals surface area contributed by atoms with Crippen LogP contribution in [0.5, 0.6) is 0 Å². The molecule has 19 heavy (non-hydrogen) atoms. The van der Waals surface area contributed by atoms with Crippen molar-refractivity contribution in [3.8, 4) is 11.1 Å². The quantitative estimate of drug-likeness (QED) is 0.882. The van der Waals surface area contributed by atoms with Crippen molar-refractivity contribution in [3.63, 3.8) is 0 Å². The Kier molecular flexibility index (Phi) is 3.83. The van der Waals surface area contributed by atoms with E-state index >= 15 is 0 Å². The molecule has 0 amide bonds. The zero-order valence-corrected chi connectivity index (χ0v) is 11.0. The highest BCUT2D eigenvalue weighted by Crippen LogP contribution is 2.36. The van der Waals surface area contributed by atoms with Crippen molar-refractivity contribution in [2.24, 2.45) is 0 Å². The number of rotatable bonds is 4. The molecule has 0 saturated carbocycles. The zero-order chi connectivity index (χ0) is 14.0. The van der Waals surface area contributed by atoms with Gasteiger partial charge in [0.25, 0.3) is 0 Å². The fourth-order valence-electron chi connectivity index (χ4n) is 2.34. The van der Waals surface area contributed by atoms with Gasteiger partial charge in [-0.2, -0.15) is 5.10 Å². The van der Waals surface area contributed by atoms with Crippen LogP contribution in [0.15, 0.2) is 18.2 Å². The highest BCUT2D eigenvalue weighted by Gasteiger charge is 2.21. The maximum Gasteiger partial charge on any atom is 0.153 e. The van der Waals surface area contributed by atoms with E-state index in [1.165, 1.54) is 12.1 Å². The molecule has 3 nitrogen and oxygen atoms in total. The minimum absolute atomic E-state index is 0.226. The first-order valence-electron chi connectivity index (χ1n) is 6.37. The molecule has 3 N–H and O–H groups in total. The van der Waals surface area contributed by atoms with Gasteiger partial charge in [-0.1, -0.05) is 13.8 Å². The van der Waals surface area contributed by atoms with Gasteiger partial charge >= 0.3 is 0 Å². The van der Waals surface area contributed by atoms with E-state index in [1.807, 2.05) is 0 Å². The SMILES string of the molecule is CCC(CC)c1[nH]nc(N)c1-c1ccc(F)cc1F. The van der Waals surface area contributed by atoms with Gasteiger partial charge in [0.05, 0.1) is 0 Å². The van der Waals surface area contributed by atoms with Gasteiger partial charge in [0.2, 0.25) is 0 Å². The van der Waals surface area contributed by atoms with Crippen LogP contribution < -0.4 is 5.73 Å². The smallest absolute Gasteiger partial charge is 0.153 e. The highest BCUT2D eigenvalue weighted by atomic mass is 19.1. The second-order valence-corrected chi connectivity index (χ2v) is 4.54. The van der Waals surface area contributed by atoms with Gasteiger partial charge in [-0.05, 0) is 25.0 Å². The second kappa shape index (κ2) is 5.38. The van der Waals surface area contributed by atoms with Gasteiger partial charge in [0.15, 0.2) is 5.82 Å². The van der Waals surface area contributed by atoms with Crippen molar-refractivity contribution >= 4 is 5.82 Å². The number of benzene rings is 1. The van der Waals surface area contributed by atoms with Gasteiger partial charge in [0.1, 0.15) is 11.6 Å². The van der Waals surface area contributed by atoms with Crippen LogP contribution in [0.2, 0.25) is 0 Å². The van der Waals surface area contributed by atoms with Crippen LogP contribution in [0.4, 0.5) is 14.6 Å². The summed E-state index contributed by atoms with van der Waals surface area (Å²) in [4.78, 5) is 0. The minimum Gasteiger partial charge on any atom is -0.382 e. The molecule has 102 valence electrons. The lowest BCUT2D eigenvalue weighted by atomic mass is 9.93. The van der Waals surface area contributed by atoms with E-state index in [4.69, 9.17) is 5.73 Å². The van der Waals surface area contributed by atoms with Crippen molar-refractivity contribution in [2.75, 3.05) is 5.73 Å². The first kappa shape index (κ1) is 13.5. The topological polar surface area (TPSA) is 54.7 Å². The number of hydrogen-bond acceptors (Lipinski definition) is 2. The summed E-state index contributed by atoms with van der Waals surface area (Å²) in [5, 5.41) is 6.85. The number of halogens is 2. The molecule has 1 heterocycles. The minimum atomic E-state index is -0.625. The molecule has 0 aliphatic heterocycles. The van der Waals surface area contributed by atoms with Crippen molar-refractivity contribution in [2.45, 2.75) is 32.6 Å². The van der Waals surface area contributed by atoms with E-state index in [9.17, 15) is 8.78 Å². The number of hydrogen-bond donors (Lipinski definition) is 2. The number of aromatic amines is 1. The number of nitrogens with one attached hydrogen (secondary N) is 1. The molecular weight excluding hydrogens is 248 g/mol. The Morgan fingerprint density at radius 3 is 2.53 bits per heavy atom. The Morgan fingerprint density at radius 2 is 1.95 bits per heavy atom. The predicted octanol–water partition coefficient (Wildman–Crippen LogP) is 3.84. The lowest BCUT2D eigenvalue weighted by Gasteiger charge is -2.13. The van der Waals surface area contributed by atoms with Crippen LogP contribution in [-0.2, 0) is 0 Å². The molecule has 1 aromatic heterocycles. The van der Waals surface area contributed by atoms with E-state index in [2.05, 4.69) is 24.0 Å². The molecule has 2 aromatic rings. The second-order valence-electron chi connectivity index (χ2n) is 4.54. The lowest BCUT2D eigenvalue weighted by Crippen LogP contribution is -2.00. The lowest BCUT2D eigenvalue weighted by molar-refractivity contribution is 0.584. The summed E-state index contributed by atoms with van der Waals surface area (Å²) in [6.45, 7) is 4.10. The first-order chi connectivity index (χ1) is 9.08. The van der Waals surface area contributed by atoms with Gasteiger partial charge in [-0.3, -0.25) is 5.10 Å². The maximum atomic E-state index is 13.9. The normalized spacial score (nSPS) is 11.2. The molecule has 0 fully saturated rings. The molecule has 0 bridgehead atoms. The largest absolute Gasteiger partial charge is 0.382 e. The third-order valence-electron chi connectivity index (χ3n) is 3.42. The van der Waals surface area contributed by atoms with Crippen molar-refractivity contribution in [3.05, 3.63) is 35.5 Å². The van der Waals surface area contributed by atoms with E-state index < -0.39 is 11.6 Å². The summed E-state index contributed by atoms with van der Waals surface area (Å²) in [5.74, 6) is -0.760. The molecule has 0 saturated heterocycles. The van der Waals surface area contributed by atoms with Gasteiger partial charge in [0, 0.05) is 28.8 Å². The van der Waals surface area contributed by atoms with Crippen LogP contribution in [0, 0.1) is 11.6 Å². The molecule has 0 spiro atoms. The van der Waals surface area contributed by atoms with Crippen LogP contribution in [0.1, 0.15) is 38.3 Å². The van der Waals surface area contributed by atoms with E-state index in [1.54, 1.807) is 0 Å². The van der Waals surface area contributed by atoms with E-state index in [-0.39, 0.29) is 17.3 Å². The van der Waals surface area contributed by atoms with Crippen LogP contribution in [-0.4, -0.2) is 10.2 Å². The number of nitrogens with two attached hydrogens (primary N) is 1. The molecule has 0 unspecified atom stereocenters. The van der Waals surface area contributed by atoms with Crippen LogP contribution >= 0.6 is 0 Å². The monoisotopic (exact) mass is 265 g/mol. The zero-order valence-electron chi connectivity index (χ0n) is 11.0. The number of H-pyrrole nitrogens is 1. The fourth-order valence-corrected chi connectivity index (χ4v) is 2.34. The predicted molar refractivity (Wildman–Crippen MR) is 71.7 cm³/mol. The summed E-state index contributed by atoms with van der Waals surface area (Å²) in [5.41, 5.74) is 7.47. The molecule has 0 atom stereocenters. The Morgan fingerprint density at radius 1 is 1.26 bits per heavy atom. The molecule has 2 rings (SSSR count). The van der Waals surface area contributed by atoms with Crippen LogP contribution in [0.25, 0.3) is 11.1 Å². The summed E-state index contributed by atoms with van der Waals surface area (Å²) < 4.78 is 26.9. The van der Waals surface area contributed by atoms with Gasteiger partial charge < -0.3 is 5.73 Å². The Hall–Kier alpha value is -1.91. The number of nitrogen functional groups attached to an aromatic ring is 1. The van der Waals surface area contributed by atoms with E-state index in [0.29, 0.717) is 5.56 Å². The summed E-state index contributed by atoms with van der Waals surface area (Å²) >= 11 is 0. The first-order valence-corrected chi connectivity index (χ1v) is 6.37. The summed E-state index contributed by atoms with van der Waals surface area (Å²) in [6, 6.07) is 3.48. The maximum absolute atomic E-state index is 13.9. The van der Waals surface area contributed by atoms with Crippen molar-refractivity contribution in [1.29, 1.82) is 0 Å². The Balaban J connectivity index is 2.58.